The van der Waals surface area contributed by atoms with Crippen LogP contribution in [0.4, 0.5) is 0 Å². The van der Waals surface area contributed by atoms with Gasteiger partial charge in [-0.3, -0.25) is 0 Å². The van der Waals surface area contributed by atoms with Gasteiger partial charge in [-0.15, -0.1) is 15.3 Å². The molecule has 0 aliphatic rings. The van der Waals surface area contributed by atoms with Crippen LogP contribution in [-0.2, 0) is 26.9 Å². The van der Waals surface area contributed by atoms with Crippen molar-refractivity contribution in [3.63, 3.8) is 0 Å². The van der Waals surface area contributed by atoms with Crippen LogP contribution in [0.5, 0.6) is 0 Å². The summed E-state index contributed by atoms with van der Waals surface area (Å²) in [4.78, 5) is 0. The van der Waals surface area contributed by atoms with Crippen molar-refractivity contribution < 1.29 is 13.2 Å². The van der Waals surface area contributed by atoms with Crippen LogP contribution in [0, 0.1) is 0 Å². The van der Waals surface area contributed by atoms with E-state index in [1.54, 1.807) is 7.11 Å². The Morgan fingerprint density at radius 1 is 1.39 bits per heavy atom. The second-order valence-electron chi connectivity index (χ2n) is 3.64. The third-order valence-corrected chi connectivity index (χ3v) is 3.58. The summed E-state index contributed by atoms with van der Waals surface area (Å²) in [5, 5.41) is 16.6. The van der Waals surface area contributed by atoms with Gasteiger partial charge in [0.1, 0.15) is 11.6 Å². The Labute approximate surface area is 108 Å². The summed E-state index contributed by atoms with van der Waals surface area (Å²) in [5.74, 6) is -0.142. The first-order valence-corrected chi connectivity index (χ1v) is 7.76. The monoisotopic (exact) mass is 289 g/mol. The first-order chi connectivity index (χ1) is 8.48. The van der Waals surface area contributed by atoms with E-state index in [0.717, 1.165) is 6.26 Å². The molecule has 0 aromatic carbocycles. The minimum Gasteiger partial charge on any atom is -0.377 e. The van der Waals surface area contributed by atoms with Gasteiger partial charge in [0, 0.05) is 13.4 Å². The van der Waals surface area contributed by atoms with Crippen LogP contribution >= 0.6 is 11.3 Å². The maximum atomic E-state index is 11.1. The van der Waals surface area contributed by atoms with Gasteiger partial charge >= 0.3 is 0 Å². The lowest BCUT2D eigenvalue weighted by Gasteiger charge is -1.91. The van der Waals surface area contributed by atoms with Gasteiger partial charge in [0.2, 0.25) is 5.13 Å². The molecular formula is C8H11N5O3S2. The Morgan fingerprint density at radius 2 is 2.17 bits per heavy atom. The molecule has 0 amide bonds. The molecule has 0 radical (unpaired) electrons. The zero-order valence-electron chi connectivity index (χ0n) is 9.77. The Balaban J connectivity index is 2.18. The maximum Gasteiger partial charge on any atom is 0.234 e. The lowest BCUT2D eigenvalue weighted by atomic mass is 10.6. The molecular weight excluding hydrogens is 278 g/mol. The predicted molar refractivity (Wildman–Crippen MR) is 64.1 cm³/mol. The average Bonchev–Trinajstić information content (AvgIpc) is 2.85. The molecule has 0 aliphatic heterocycles. The Hall–Kier alpha value is -1.39. The molecule has 2 aromatic heterocycles. The third kappa shape index (κ3) is 3.31. The van der Waals surface area contributed by atoms with Gasteiger partial charge in [0.05, 0.1) is 17.6 Å². The van der Waals surface area contributed by atoms with Gasteiger partial charge in [-0.25, -0.2) is 8.42 Å². The summed E-state index contributed by atoms with van der Waals surface area (Å²) in [6, 6.07) is 0. The molecule has 8 nitrogen and oxygen atoms in total. The van der Waals surface area contributed by atoms with Gasteiger partial charge in [-0.2, -0.15) is 4.68 Å². The molecule has 0 fully saturated rings. The molecule has 2 rings (SSSR count). The number of hydrogen-bond donors (Lipinski definition) is 0. The highest BCUT2D eigenvalue weighted by atomic mass is 32.2. The van der Waals surface area contributed by atoms with E-state index in [0.29, 0.717) is 22.4 Å². The van der Waals surface area contributed by atoms with Gasteiger partial charge in [0.15, 0.2) is 9.84 Å². The minimum absolute atomic E-state index is 0.142. The molecule has 0 unspecified atom stereocenters. The second kappa shape index (κ2) is 5.08. The zero-order chi connectivity index (χ0) is 13.2. The average molecular weight is 289 g/mol. The molecule has 0 N–H and O–H groups in total. The lowest BCUT2D eigenvalue weighted by molar-refractivity contribution is 0.184. The van der Waals surface area contributed by atoms with E-state index in [9.17, 15) is 8.42 Å². The van der Waals surface area contributed by atoms with E-state index in [2.05, 4.69) is 20.5 Å². The van der Waals surface area contributed by atoms with Crippen LogP contribution < -0.4 is 0 Å². The van der Waals surface area contributed by atoms with Crippen molar-refractivity contribution in [1.82, 2.24) is 25.2 Å². The first-order valence-electron chi connectivity index (χ1n) is 4.88. The van der Waals surface area contributed by atoms with E-state index in [1.807, 2.05) is 0 Å². The van der Waals surface area contributed by atoms with Gasteiger partial charge < -0.3 is 4.74 Å². The molecule has 2 heterocycles. The zero-order valence-corrected chi connectivity index (χ0v) is 11.4. The largest absolute Gasteiger partial charge is 0.377 e. The van der Waals surface area contributed by atoms with E-state index >= 15 is 0 Å². The molecule has 0 spiro atoms. The van der Waals surface area contributed by atoms with Crippen molar-refractivity contribution in [1.29, 1.82) is 0 Å². The molecule has 0 bridgehead atoms. The smallest absolute Gasteiger partial charge is 0.234 e. The van der Waals surface area contributed by atoms with E-state index in [4.69, 9.17) is 4.74 Å². The summed E-state index contributed by atoms with van der Waals surface area (Å²) < 4.78 is 28.6. The van der Waals surface area contributed by atoms with Crippen LogP contribution in [-0.4, -0.2) is 47.0 Å². The van der Waals surface area contributed by atoms with Crippen molar-refractivity contribution in [3.05, 3.63) is 16.9 Å². The molecule has 0 aliphatic carbocycles. The highest BCUT2D eigenvalue weighted by Gasteiger charge is 2.12. The van der Waals surface area contributed by atoms with Crippen molar-refractivity contribution in [2.75, 3.05) is 13.4 Å². The summed E-state index contributed by atoms with van der Waals surface area (Å²) in [6.45, 7) is 0.378. The van der Waals surface area contributed by atoms with E-state index < -0.39 is 9.84 Å². The molecule has 0 atom stereocenters. The molecule has 10 heteroatoms. The molecule has 18 heavy (non-hydrogen) atoms. The fraction of sp³-hybridized carbons (Fsp3) is 0.500. The quantitative estimate of drug-likeness (QED) is 0.752. The van der Waals surface area contributed by atoms with E-state index in [1.165, 1.54) is 22.2 Å². The molecule has 0 saturated carbocycles. The predicted octanol–water partition coefficient (Wildman–Crippen LogP) is -0.190. The van der Waals surface area contributed by atoms with Crippen LogP contribution in [0.15, 0.2) is 6.20 Å². The van der Waals surface area contributed by atoms with Crippen molar-refractivity contribution in [2.24, 2.45) is 0 Å². The highest BCUT2D eigenvalue weighted by Crippen LogP contribution is 2.14. The van der Waals surface area contributed by atoms with Crippen LogP contribution in [0.25, 0.3) is 5.13 Å². The van der Waals surface area contributed by atoms with Crippen LogP contribution in [0.1, 0.15) is 10.7 Å². The van der Waals surface area contributed by atoms with Gasteiger partial charge in [-0.1, -0.05) is 16.6 Å². The van der Waals surface area contributed by atoms with Crippen molar-refractivity contribution >= 4 is 21.2 Å². The molecule has 98 valence electrons. The number of hydrogen-bond acceptors (Lipinski definition) is 8. The summed E-state index contributed by atoms with van der Waals surface area (Å²) in [7, 11) is -1.55. The Morgan fingerprint density at radius 3 is 2.83 bits per heavy atom. The van der Waals surface area contributed by atoms with Crippen molar-refractivity contribution in [3.8, 4) is 5.13 Å². The third-order valence-electron chi connectivity index (χ3n) is 1.87. The molecule has 0 saturated heterocycles. The first kappa shape index (κ1) is 13.1. The fourth-order valence-electron chi connectivity index (χ4n) is 1.25. The minimum atomic E-state index is -3.12. The van der Waals surface area contributed by atoms with Crippen LogP contribution in [0.3, 0.4) is 0 Å². The van der Waals surface area contributed by atoms with Gasteiger partial charge in [-0.05, 0) is 0 Å². The fourth-order valence-corrected chi connectivity index (χ4v) is 2.65. The lowest BCUT2D eigenvalue weighted by Crippen LogP contribution is -2.00. The van der Waals surface area contributed by atoms with E-state index in [-0.39, 0.29) is 5.75 Å². The summed E-state index contributed by atoms with van der Waals surface area (Å²) in [5.41, 5.74) is 0.376. The summed E-state index contributed by atoms with van der Waals surface area (Å²) >= 11 is 1.31. The number of nitrogens with zero attached hydrogens (tertiary/aromatic N) is 5. The molecule has 2 aromatic rings. The number of sulfone groups is 1. The SMILES string of the molecule is COCc1nnc(-n2cc(CS(C)(=O)=O)nn2)s1. The number of ether oxygens (including phenoxy) is 1. The highest BCUT2D eigenvalue weighted by molar-refractivity contribution is 7.89. The normalized spacial score (nSPS) is 11.9. The van der Waals surface area contributed by atoms with Crippen LogP contribution in [0.2, 0.25) is 0 Å². The van der Waals surface area contributed by atoms with Gasteiger partial charge in [0.25, 0.3) is 0 Å². The second-order valence-corrected chi connectivity index (χ2v) is 6.82. The maximum absolute atomic E-state index is 11.1. The topological polar surface area (TPSA) is 99.9 Å². The number of methoxy groups -OCH3 is 1. The number of aromatic nitrogens is 5. The number of rotatable bonds is 5. The Bertz CT molecular complexity index is 633. The summed E-state index contributed by atoms with van der Waals surface area (Å²) in [6.07, 6.45) is 2.67. The standard InChI is InChI=1S/C8H11N5O3S2/c1-16-4-7-10-11-8(17-7)13-3-6(9-12-13)5-18(2,14)15/h3H,4-5H2,1-2H3. The van der Waals surface area contributed by atoms with Crippen molar-refractivity contribution in [2.45, 2.75) is 12.4 Å². The Kier molecular flexibility index (Phi) is 3.68.